The van der Waals surface area contributed by atoms with Crippen LogP contribution in [0.3, 0.4) is 0 Å². The third-order valence-corrected chi connectivity index (χ3v) is 5.40. The molecule has 134 valence electrons. The first-order chi connectivity index (χ1) is 11.7. The van der Waals surface area contributed by atoms with Crippen LogP contribution in [-0.4, -0.2) is 31.4 Å². The second kappa shape index (κ2) is 7.99. The van der Waals surface area contributed by atoms with Crippen LogP contribution in [0.25, 0.3) is 0 Å². The highest BCUT2D eigenvalue weighted by atomic mass is 35.5. The van der Waals surface area contributed by atoms with Gasteiger partial charge in [0.1, 0.15) is 0 Å². The highest BCUT2D eigenvalue weighted by Gasteiger charge is 2.22. The molecule has 1 N–H and O–H groups in total. The molecule has 2 aromatic rings. The van der Waals surface area contributed by atoms with Crippen LogP contribution in [-0.2, 0) is 21.4 Å². The number of anilines is 1. The molecule has 0 fully saturated rings. The summed E-state index contributed by atoms with van der Waals surface area (Å²) in [4.78, 5) is 12.4. The first-order valence-electron chi connectivity index (χ1n) is 7.73. The topological polar surface area (TPSA) is 66.5 Å². The summed E-state index contributed by atoms with van der Waals surface area (Å²) in [5.41, 5.74) is 3.20. The Labute approximate surface area is 153 Å². The quantitative estimate of drug-likeness (QED) is 0.835. The van der Waals surface area contributed by atoms with Gasteiger partial charge in [-0.15, -0.1) is 0 Å². The van der Waals surface area contributed by atoms with E-state index >= 15 is 0 Å². The zero-order chi connectivity index (χ0) is 18.6. The normalized spacial score (nSPS) is 11.6. The monoisotopic (exact) mass is 380 g/mol. The standard InChI is InChI=1S/C18H21ClN2O3S/c1-13-7-6-8-14(2)18(13)20-17(22)12-21(25(3,23)24)11-15-9-4-5-10-16(15)19/h4-10H,11-12H2,1-3H3,(H,20,22). The molecule has 0 aliphatic carbocycles. The molecular formula is C18H21ClN2O3S. The van der Waals surface area contributed by atoms with Gasteiger partial charge < -0.3 is 5.32 Å². The van der Waals surface area contributed by atoms with Gasteiger partial charge in [0.2, 0.25) is 15.9 Å². The van der Waals surface area contributed by atoms with Crippen molar-refractivity contribution in [3.8, 4) is 0 Å². The van der Waals surface area contributed by atoms with Gasteiger partial charge in [0.15, 0.2) is 0 Å². The summed E-state index contributed by atoms with van der Waals surface area (Å²) in [5.74, 6) is -0.394. The summed E-state index contributed by atoms with van der Waals surface area (Å²) in [7, 11) is -3.57. The maximum absolute atomic E-state index is 12.4. The number of hydrogen-bond acceptors (Lipinski definition) is 3. The number of carbonyl (C=O) groups excluding carboxylic acids is 1. The first kappa shape index (κ1) is 19.4. The van der Waals surface area contributed by atoms with E-state index < -0.39 is 15.9 Å². The predicted molar refractivity (Wildman–Crippen MR) is 101 cm³/mol. The Balaban J connectivity index is 2.18. The number of nitrogens with one attached hydrogen (secondary N) is 1. The largest absolute Gasteiger partial charge is 0.324 e. The summed E-state index contributed by atoms with van der Waals surface area (Å²) >= 11 is 6.10. The highest BCUT2D eigenvalue weighted by Crippen LogP contribution is 2.21. The molecule has 5 nitrogen and oxygen atoms in total. The van der Waals surface area contributed by atoms with Crippen LogP contribution in [0.1, 0.15) is 16.7 Å². The summed E-state index contributed by atoms with van der Waals surface area (Å²) in [6.45, 7) is 3.54. The van der Waals surface area contributed by atoms with Gasteiger partial charge in [0, 0.05) is 17.3 Å². The van der Waals surface area contributed by atoms with E-state index in [1.54, 1.807) is 24.3 Å². The van der Waals surface area contributed by atoms with Crippen LogP contribution in [0.15, 0.2) is 42.5 Å². The average Bonchev–Trinajstić information content (AvgIpc) is 2.51. The molecule has 2 rings (SSSR count). The molecule has 0 atom stereocenters. The number of rotatable bonds is 6. The molecule has 0 bridgehead atoms. The highest BCUT2D eigenvalue weighted by molar-refractivity contribution is 7.88. The zero-order valence-electron chi connectivity index (χ0n) is 14.4. The maximum Gasteiger partial charge on any atom is 0.239 e. The molecule has 0 aliphatic rings. The van der Waals surface area contributed by atoms with Gasteiger partial charge >= 0.3 is 0 Å². The van der Waals surface area contributed by atoms with Crippen molar-refractivity contribution in [2.24, 2.45) is 0 Å². The van der Waals surface area contributed by atoms with Crippen LogP contribution in [0.2, 0.25) is 5.02 Å². The minimum atomic E-state index is -3.57. The fourth-order valence-electron chi connectivity index (χ4n) is 2.46. The van der Waals surface area contributed by atoms with Crippen LogP contribution in [0.4, 0.5) is 5.69 Å². The summed E-state index contributed by atoms with van der Waals surface area (Å²) < 4.78 is 25.3. The second-order valence-corrected chi connectivity index (χ2v) is 8.33. The van der Waals surface area contributed by atoms with Crippen LogP contribution < -0.4 is 5.32 Å². The van der Waals surface area contributed by atoms with Crippen LogP contribution in [0, 0.1) is 13.8 Å². The molecule has 0 unspecified atom stereocenters. The summed E-state index contributed by atoms with van der Waals surface area (Å²) in [6, 6.07) is 12.7. The van der Waals surface area contributed by atoms with Crippen LogP contribution in [0.5, 0.6) is 0 Å². The van der Waals surface area contributed by atoms with Crippen molar-refractivity contribution >= 4 is 33.2 Å². The molecular weight excluding hydrogens is 360 g/mol. The fourth-order valence-corrected chi connectivity index (χ4v) is 3.38. The Morgan fingerprint density at radius 2 is 1.68 bits per heavy atom. The summed E-state index contributed by atoms with van der Waals surface area (Å²) in [6.07, 6.45) is 1.08. The zero-order valence-corrected chi connectivity index (χ0v) is 16.0. The predicted octanol–water partition coefficient (Wildman–Crippen LogP) is 3.36. The van der Waals surface area contributed by atoms with Gasteiger partial charge in [-0.1, -0.05) is 48.0 Å². The lowest BCUT2D eigenvalue weighted by Gasteiger charge is -2.21. The Morgan fingerprint density at radius 1 is 1.08 bits per heavy atom. The van der Waals surface area contributed by atoms with E-state index in [0.29, 0.717) is 16.3 Å². The van der Waals surface area contributed by atoms with Gasteiger partial charge in [0.25, 0.3) is 0 Å². The third kappa shape index (κ3) is 5.29. The lowest BCUT2D eigenvalue weighted by Crippen LogP contribution is -2.37. The van der Waals surface area contributed by atoms with Gasteiger partial charge in [-0.25, -0.2) is 8.42 Å². The van der Waals surface area contributed by atoms with E-state index in [9.17, 15) is 13.2 Å². The number of halogens is 1. The van der Waals surface area contributed by atoms with E-state index in [1.807, 2.05) is 32.0 Å². The molecule has 0 spiro atoms. The van der Waals surface area contributed by atoms with E-state index in [4.69, 9.17) is 11.6 Å². The minimum Gasteiger partial charge on any atom is -0.324 e. The Bertz CT molecular complexity index is 861. The SMILES string of the molecule is Cc1cccc(C)c1NC(=O)CN(Cc1ccccc1Cl)S(C)(=O)=O. The van der Waals surface area contributed by atoms with E-state index in [0.717, 1.165) is 21.7 Å². The Kier molecular flexibility index (Phi) is 6.21. The lowest BCUT2D eigenvalue weighted by atomic mass is 10.1. The van der Waals surface area contributed by atoms with Crippen molar-refractivity contribution in [3.05, 3.63) is 64.2 Å². The number of aryl methyl sites for hydroxylation is 2. The first-order valence-corrected chi connectivity index (χ1v) is 9.95. The minimum absolute atomic E-state index is 0.0404. The van der Waals surface area contributed by atoms with Gasteiger partial charge in [-0.3, -0.25) is 4.79 Å². The molecule has 0 aromatic heterocycles. The van der Waals surface area contributed by atoms with Crippen molar-refractivity contribution in [1.82, 2.24) is 4.31 Å². The molecule has 1 amide bonds. The van der Waals surface area contributed by atoms with Crippen molar-refractivity contribution in [2.75, 3.05) is 18.1 Å². The van der Waals surface area contributed by atoms with Crippen molar-refractivity contribution < 1.29 is 13.2 Å². The van der Waals surface area contributed by atoms with Crippen molar-refractivity contribution in [1.29, 1.82) is 0 Å². The number of amides is 1. The Hall–Kier alpha value is -1.89. The molecule has 7 heteroatoms. The maximum atomic E-state index is 12.4. The number of nitrogens with zero attached hydrogens (tertiary/aromatic N) is 1. The molecule has 25 heavy (non-hydrogen) atoms. The van der Waals surface area contributed by atoms with Gasteiger partial charge in [0.05, 0.1) is 12.8 Å². The van der Waals surface area contributed by atoms with Crippen LogP contribution >= 0.6 is 11.6 Å². The smallest absolute Gasteiger partial charge is 0.239 e. The fraction of sp³-hybridized carbons (Fsp3) is 0.278. The van der Waals surface area contributed by atoms with Crippen molar-refractivity contribution in [2.45, 2.75) is 20.4 Å². The van der Waals surface area contributed by atoms with Gasteiger partial charge in [-0.05, 0) is 36.6 Å². The molecule has 0 heterocycles. The van der Waals surface area contributed by atoms with E-state index in [-0.39, 0.29) is 13.1 Å². The third-order valence-electron chi connectivity index (χ3n) is 3.84. The average molecular weight is 381 g/mol. The van der Waals surface area contributed by atoms with E-state index in [1.165, 1.54) is 0 Å². The Morgan fingerprint density at radius 3 is 2.24 bits per heavy atom. The number of sulfonamides is 1. The molecule has 0 radical (unpaired) electrons. The number of carbonyl (C=O) groups is 1. The van der Waals surface area contributed by atoms with Gasteiger partial charge in [-0.2, -0.15) is 4.31 Å². The number of hydrogen-bond donors (Lipinski definition) is 1. The summed E-state index contributed by atoms with van der Waals surface area (Å²) in [5, 5.41) is 3.27. The number of para-hydroxylation sites is 1. The molecule has 0 aliphatic heterocycles. The molecule has 2 aromatic carbocycles. The number of benzene rings is 2. The molecule has 0 saturated heterocycles. The second-order valence-electron chi connectivity index (χ2n) is 5.94. The molecule has 0 saturated carbocycles. The van der Waals surface area contributed by atoms with E-state index in [2.05, 4.69) is 5.32 Å². The van der Waals surface area contributed by atoms with Crippen molar-refractivity contribution in [3.63, 3.8) is 0 Å². The lowest BCUT2D eigenvalue weighted by molar-refractivity contribution is -0.116.